The molecule has 0 spiro atoms. The number of rotatable bonds is 3. The van der Waals surface area contributed by atoms with E-state index >= 15 is 0 Å². The summed E-state index contributed by atoms with van der Waals surface area (Å²) in [6.45, 7) is 4.34. The summed E-state index contributed by atoms with van der Waals surface area (Å²) in [6.07, 6.45) is 3.29. The molecule has 2 heterocycles. The third kappa shape index (κ3) is 2.78. The number of hydrogen-bond acceptors (Lipinski definition) is 6. The van der Waals surface area contributed by atoms with Gasteiger partial charge in [0.05, 0.1) is 5.69 Å². The second-order valence-electron chi connectivity index (χ2n) is 5.74. The Morgan fingerprint density at radius 1 is 1.30 bits per heavy atom. The highest BCUT2D eigenvalue weighted by Crippen LogP contribution is 2.33. The lowest BCUT2D eigenvalue weighted by molar-refractivity contribution is 0.681. The molecule has 0 amide bonds. The van der Waals surface area contributed by atoms with Crippen molar-refractivity contribution in [1.82, 2.24) is 9.97 Å². The van der Waals surface area contributed by atoms with Crippen molar-refractivity contribution < 1.29 is 0 Å². The molecule has 0 bridgehead atoms. The van der Waals surface area contributed by atoms with E-state index in [1.807, 2.05) is 6.07 Å². The van der Waals surface area contributed by atoms with Gasteiger partial charge in [-0.2, -0.15) is 10.2 Å². The average molecular weight is 308 g/mol. The van der Waals surface area contributed by atoms with E-state index in [-0.39, 0.29) is 17.3 Å². The van der Waals surface area contributed by atoms with Crippen molar-refractivity contribution in [3.05, 3.63) is 29.3 Å². The molecule has 0 saturated carbocycles. The van der Waals surface area contributed by atoms with Crippen molar-refractivity contribution in [2.75, 3.05) is 29.5 Å². The maximum absolute atomic E-state index is 9.34. The van der Waals surface area contributed by atoms with Gasteiger partial charge in [-0.25, -0.2) is 4.98 Å². The largest absolute Gasteiger partial charge is 0.382 e. The van der Waals surface area contributed by atoms with Gasteiger partial charge in [-0.1, -0.05) is 13.0 Å². The number of fused-ring (bicyclic) bond motifs is 1. The van der Waals surface area contributed by atoms with Crippen LogP contribution in [0.2, 0.25) is 0 Å². The zero-order valence-corrected chi connectivity index (χ0v) is 13.2. The predicted octanol–water partition coefficient (Wildman–Crippen LogP) is 2.34. The zero-order valence-electron chi connectivity index (χ0n) is 13.2. The molecule has 3 rings (SSSR count). The van der Waals surface area contributed by atoms with Crippen LogP contribution in [-0.2, 0) is 6.42 Å². The highest BCUT2D eigenvalue weighted by atomic mass is 15.1. The predicted molar refractivity (Wildman–Crippen MR) is 91.8 cm³/mol. The van der Waals surface area contributed by atoms with Crippen LogP contribution in [0.4, 0.5) is 17.5 Å². The SMILES string of the molecule is CCCN1CCCc2cc(-c3nc(N)nc(N)c3C#N)ccc21. The van der Waals surface area contributed by atoms with E-state index in [1.165, 1.54) is 11.3 Å². The number of hydrogen-bond donors (Lipinski definition) is 2. The maximum atomic E-state index is 9.34. The summed E-state index contributed by atoms with van der Waals surface area (Å²) in [5.74, 6) is 0.210. The highest BCUT2D eigenvalue weighted by Gasteiger charge is 2.19. The monoisotopic (exact) mass is 308 g/mol. The molecule has 0 atom stereocenters. The van der Waals surface area contributed by atoms with Crippen molar-refractivity contribution in [2.24, 2.45) is 0 Å². The lowest BCUT2D eigenvalue weighted by atomic mass is 9.96. The Bertz CT molecular complexity index is 777. The first-order valence-corrected chi connectivity index (χ1v) is 7.85. The fraction of sp³-hybridized carbons (Fsp3) is 0.353. The van der Waals surface area contributed by atoms with Gasteiger partial charge in [-0.05, 0) is 37.0 Å². The Hall–Kier alpha value is -2.81. The van der Waals surface area contributed by atoms with Gasteiger partial charge in [-0.15, -0.1) is 0 Å². The highest BCUT2D eigenvalue weighted by molar-refractivity contribution is 5.75. The number of nitrogens with zero attached hydrogens (tertiary/aromatic N) is 4. The second-order valence-corrected chi connectivity index (χ2v) is 5.74. The van der Waals surface area contributed by atoms with Gasteiger partial charge in [0.1, 0.15) is 17.5 Å². The van der Waals surface area contributed by atoms with Gasteiger partial charge in [-0.3, -0.25) is 0 Å². The molecule has 118 valence electrons. The van der Waals surface area contributed by atoms with E-state index in [2.05, 4.69) is 40.0 Å². The summed E-state index contributed by atoms with van der Waals surface area (Å²) in [6, 6.07) is 8.27. The van der Waals surface area contributed by atoms with Crippen LogP contribution in [0.25, 0.3) is 11.3 Å². The Balaban J connectivity index is 2.08. The molecular weight excluding hydrogens is 288 g/mol. The molecular formula is C17H20N6. The quantitative estimate of drug-likeness (QED) is 0.901. The Morgan fingerprint density at radius 3 is 2.87 bits per heavy atom. The first kappa shape index (κ1) is 15.1. The molecule has 1 aliphatic heterocycles. The third-order valence-electron chi connectivity index (χ3n) is 4.13. The first-order valence-electron chi connectivity index (χ1n) is 7.85. The van der Waals surface area contributed by atoms with E-state index in [0.29, 0.717) is 5.69 Å². The van der Waals surface area contributed by atoms with E-state index in [1.54, 1.807) is 0 Å². The van der Waals surface area contributed by atoms with Crippen LogP contribution in [0.3, 0.4) is 0 Å². The van der Waals surface area contributed by atoms with Crippen LogP contribution < -0.4 is 16.4 Å². The summed E-state index contributed by atoms with van der Waals surface area (Å²) < 4.78 is 0. The molecule has 0 aliphatic carbocycles. The van der Waals surface area contributed by atoms with Gasteiger partial charge in [0, 0.05) is 24.3 Å². The Labute approximate surface area is 135 Å². The third-order valence-corrected chi connectivity index (χ3v) is 4.13. The molecule has 0 saturated heterocycles. The average Bonchev–Trinajstić information content (AvgIpc) is 2.54. The van der Waals surface area contributed by atoms with Crippen LogP contribution >= 0.6 is 0 Å². The van der Waals surface area contributed by atoms with Crippen molar-refractivity contribution in [3.63, 3.8) is 0 Å². The fourth-order valence-electron chi connectivity index (χ4n) is 3.14. The topological polar surface area (TPSA) is 105 Å². The smallest absolute Gasteiger partial charge is 0.222 e. The van der Waals surface area contributed by atoms with Crippen molar-refractivity contribution in [2.45, 2.75) is 26.2 Å². The van der Waals surface area contributed by atoms with E-state index in [4.69, 9.17) is 11.5 Å². The van der Waals surface area contributed by atoms with Gasteiger partial charge in [0.25, 0.3) is 0 Å². The number of aryl methyl sites for hydroxylation is 1. The normalized spacial score (nSPS) is 13.5. The summed E-state index contributed by atoms with van der Waals surface area (Å²) in [7, 11) is 0. The summed E-state index contributed by atoms with van der Waals surface area (Å²) >= 11 is 0. The van der Waals surface area contributed by atoms with Gasteiger partial charge in [0.15, 0.2) is 0 Å². The summed E-state index contributed by atoms with van der Waals surface area (Å²) in [5, 5.41) is 9.34. The molecule has 1 aliphatic rings. The minimum Gasteiger partial charge on any atom is -0.382 e. The number of benzene rings is 1. The first-order chi connectivity index (χ1) is 11.1. The van der Waals surface area contributed by atoms with Crippen LogP contribution in [-0.4, -0.2) is 23.1 Å². The molecule has 1 aromatic carbocycles. The number of aromatic nitrogens is 2. The molecule has 2 aromatic rings. The zero-order chi connectivity index (χ0) is 16.4. The Morgan fingerprint density at radius 2 is 2.13 bits per heavy atom. The molecule has 6 heteroatoms. The molecule has 0 radical (unpaired) electrons. The van der Waals surface area contributed by atoms with E-state index in [0.717, 1.165) is 37.9 Å². The van der Waals surface area contributed by atoms with E-state index < -0.39 is 0 Å². The number of nitriles is 1. The number of nitrogens with two attached hydrogens (primary N) is 2. The molecule has 4 N–H and O–H groups in total. The Kier molecular flexibility index (Phi) is 4.02. The van der Waals surface area contributed by atoms with Crippen molar-refractivity contribution in [1.29, 1.82) is 5.26 Å². The van der Waals surface area contributed by atoms with Gasteiger partial charge < -0.3 is 16.4 Å². The lowest BCUT2D eigenvalue weighted by Gasteiger charge is -2.31. The van der Waals surface area contributed by atoms with Crippen LogP contribution in [0.5, 0.6) is 0 Å². The fourth-order valence-corrected chi connectivity index (χ4v) is 3.14. The molecule has 0 fully saturated rings. The van der Waals surface area contributed by atoms with Crippen molar-refractivity contribution in [3.8, 4) is 17.3 Å². The lowest BCUT2D eigenvalue weighted by Crippen LogP contribution is -2.29. The maximum Gasteiger partial charge on any atom is 0.222 e. The van der Waals surface area contributed by atoms with Gasteiger partial charge in [0.2, 0.25) is 5.95 Å². The van der Waals surface area contributed by atoms with E-state index in [9.17, 15) is 5.26 Å². The van der Waals surface area contributed by atoms with Crippen LogP contribution in [0.15, 0.2) is 18.2 Å². The van der Waals surface area contributed by atoms with Crippen LogP contribution in [0.1, 0.15) is 30.9 Å². The minimum absolute atomic E-state index is 0.0850. The van der Waals surface area contributed by atoms with Crippen LogP contribution in [0, 0.1) is 11.3 Å². The second kappa shape index (κ2) is 6.13. The summed E-state index contributed by atoms with van der Waals surface area (Å²) in [4.78, 5) is 10.5. The van der Waals surface area contributed by atoms with Crippen molar-refractivity contribution >= 4 is 17.5 Å². The van der Waals surface area contributed by atoms with Gasteiger partial charge >= 0.3 is 0 Å². The number of anilines is 3. The summed E-state index contributed by atoms with van der Waals surface area (Å²) in [5.41, 5.74) is 15.7. The minimum atomic E-state index is 0.0850. The molecule has 0 unspecified atom stereocenters. The molecule has 23 heavy (non-hydrogen) atoms. The number of nitrogen functional groups attached to an aromatic ring is 2. The molecule has 1 aromatic heterocycles. The molecule has 6 nitrogen and oxygen atoms in total. The standard InChI is InChI=1S/C17H20N6/c1-2-7-23-8-3-4-11-9-12(5-6-14(11)23)15-13(10-18)16(19)22-17(20)21-15/h5-6,9H,2-4,7-8H2,1H3,(H4,19,20,21,22).